The van der Waals surface area contributed by atoms with Crippen LogP contribution in [0.3, 0.4) is 0 Å². The molecule has 1 spiro atoms. The second-order valence-corrected chi connectivity index (χ2v) is 7.42. The van der Waals surface area contributed by atoms with Crippen LogP contribution in [0, 0.1) is 0 Å². The molecule has 1 unspecified atom stereocenters. The Morgan fingerprint density at radius 1 is 1.29 bits per heavy atom. The van der Waals surface area contributed by atoms with Crippen molar-refractivity contribution in [1.82, 2.24) is 4.90 Å². The quantitative estimate of drug-likeness (QED) is 0.771. The molecule has 4 heteroatoms. The largest absolute Gasteiger partial charge is 0.388 e. The number of nitrogens with zero attached hydrogens (tertiary/aromatic N) is 1. The van der Waals surface area contributed by atoms with E-state index >= 15 is 0 Å². The van der Waals surface area contributed by atoms with E-state index in [2.05, 4.69) is 16.7 Å². The maximum atomic E-state index is 9.84. The van der Waals surface area contributed by atoms with Crippen LogP contribution in [0.25, 0.3) is 0 Å². The van der Waals surface area contributed by atoms with Gasteiger partial charge < -0.3 is 9.84 Å². The number of likely N-dealkylation sites (tertiary alicyclic amines) is 1. The molecule has 0 aromatic heterocycles. The molecule has 3 aliphatic heterocycles. The van der Waals surface area contributed by atoms with Crippen molar-refractivity contribution >= 4 is 11.8 Å². The third-order valence-electron chi connectivity index (χ3n) is 4.47. The summed E-state index contributed by atoms with van der Waals surface area (Å²) < 4.78 is 6.10. The Morgan fingerprint density at radius 3 is 2.65 bits per heavy atom. The Morgan fingerprint density at radius 2 is 2.00 bits per heavy atom. The first kappa shape index (κ1) is 12.3. The van der Waals surface area contributed by atoms with Gasteiger partial charge in [-0.05, 0) is 44.1 Å². The molecule has 3 nitrogen and oxygen atoms in total. The number of ether oxygens (including phenoxy) is 1. The third-order valence-corrected chi connectivity index (χ3v) is 5.46. The van der Waals surface area contributed by atoms with Crippen molar-refractivity contribution in [3.63, 3.8) is 0 Å². The fraction of sp³-hybridized carbons (Fsp3) is 1.00. The van der Waals surface area contributed by atoms with Crippen molar-refractivity contribution in [1.29, 1.82) is 0 Å². The molecule has 0 aromatic rings. The van der Waals surface area contributed by atoms with Crippen LogP contribution in [0.5, 0.6) is 0 Å². The van der Waals surface area contributed by atoms with E-state index in [9.17, 15) is 5.11 Å². The molecule has 1 atom stereocenters. The van der Waals surface area contributed by atoms with Crippen LogP contribution in [0.1, 0.15) is 32.6 Å². The van der Waals surface area contributed by atoms with E-state index in [1.807, 2.05) is 6.92 Å². The van der Waals surface area contributed by atoms with Crippen LogP contribution in [-0.2, 0) is 4.74 Å². The molecule has 3 heterocycles. The summed E-state index contributed by atoms with van der Waals surface area (Å²) in [7, 11) is 0. The molecule has 17 heavy (non-hydrogen) atoms. The Bertz CT molecular complexity index is 276. The Hall–Kier alpha value is 0.230. The first-order chi connectivity index (χ1) is 8.09. The highest BCUT2D eigenvalue weighted by atomic mass is 32.2. The van der Waals surface area contributed by atoms with Gasteiger partial charge in [0, 0.05) is 25.7 Å². The van der Waals surface area contributed by atoms with Gasteiger partial charge in [-0.1, -0.05) is 0 Å². The van der Waals surface area contributed by atoms with Crippen molar-refractivity contribution in [2.45, 2.75) is 49.9 Å². The molecular weight excluding hydrogens is 234 g/mol. The number of rotatable bonds is 1. The molecule has 3 rings (SSSR count). The average molecular weight is 257 g/mol. The van der Waals surface area contributed by atoms with Gasteiger partial charge in [0.25, 0.3) is 0 Å². The standard InChI is InChI=1S/C13H23NO2S/c1-12(15)9-14(10-12)11-2-5-16-13(8-11)3-6-17-7-4-13/h11,15H,2-10H2,1H3. The number of hydrogen-bond donors (Lipinski definition) is 1. The van der Waals surface area contributed by atoms with E-state index in [-0.39, 0.29) is 5.60 Å². The normalized spacial score (nSPS) is 36.7. The fourth-order valence-corrected chi connectivity index (χ4v) is 4.73. The lowest BCUT2D eigenvalue weighted by atomic mass is 9.82. The maximum Gasteiger partial charge on any atom is 0.0872 e. The molecule has 1 N–H and O–H groups in total. The summed E-state index contributed by atoms with van der Waals surface area (Å²) in [4.78, 5) is 2.45. The van der Waals surface area contributed by atoms with E-state index in [0.29, 0.717) is 6.04 Å². The van der Waals surface area contributed by atoms with Gasteiger partial charge in [0.2, 0.25) is 0 Å². The highest BCUT2D eigenvalue weighted by Crippen LogP contribution is 2.40. The SMILES string of the molecule is CC1(O)CN(C2CCOC3(CCSCC3)C2)C1. The Labute approximate surface area is 108 Å². The predicted molar refractivity (Wildman–Crippen MR) is 70.5 cm³/mol. The predicted octanol–water partition coefficient (Wildman–Crippen LogP) is 1.50. The van der Waals surface area contributed by atoms with Crippen LogP contribution >= 0.6 is 11.8 Å². The molecule has 0 amide bonds. The van der Waals surface area contributed by atoms with Gasteiger partial charge in [0.1, 0.15) is 0 Å². The van der Waals surface area contributed by atoms with Crippen molar-refractivity contribution in [3.8, 4) is 0 Å². The Balaban J connectivity index is 1.60. The minimum atomic E-state index is -0.437. The van der Waals surface area contributed by atoms with Gasteiger partial charge in [-0.15, -0.1) is 0 Å². The van der Waals surface area contributed by atoms with Crippen LogP contribution in [0.15, 0.2) is 0 Å². The summed E-state index contributed by atoms with van der Waals surface area (Å²) >= 11 is 2.06. The maximum absolute atomic E-state index is 9.84. The van der Waals surface area contributed by atoms with Gasteiger partial charge in [0.05, 0.1) is 11.2 Å². The molecule has 0 aliphatic carbocycles. The molecule has 0 saturated carbocycles. The molecule has 98 valence electrons. The summed E-state index contributed by atoms with van der Waals surface area (Å²) in [5, 5.41) is 9.84. The zero-order valence-electron chi connectivity index (χ0n) is 10.7. The fourth-order valence-electron chi connectivity index (χ4n) is 3.49. The van der Waals surface area contributed by atoms with E-state index < -0.39 is 5.60 Å². The summed E-state index contributed by atoms with van der Waals surface area (Å²) in [6, 6.07) is 0.645. The molecule has 3 aliphatic rings. The second kappa shape index (κ2) is 4.41. The average Bonchev–Trinajstić information content (AvgIpc) is 2.27. The number of hydrogen-bond acceptors (Lipinski definition) is 4. The van der Waals surface area contributed by atoms with Crippen LogP contribution in [-0.4, -0.2) is 58.5 Å². The first-order valence-electron chi connectivity index (χ1n) is 6.77. The molecular formula is C13H23NO2S. The lowest BCUT2D eigenvalue weighted by Crippen LogP contribution is -2.65. The van der Waals surface area contributed by atoms with Crippen molar-refractivity contribution in [2.24, 2.45) is 0 Å². The lowest BCUT2D eigenvalue weighted by Gasteiger charge is -2.53. The molecule has 3 saturated heterocycles. The van der Waals surface area contributed by atoms with Crippen molar-refractivity contribution in [2.75, 3.05) is 31.2 Å². The van der Waals surface area contributed by atoms with Gasteiger partial charge >= 0.3 is 0 Å². The van der Waals surface area contributed by atoms with Gasteiger partial charge in [-0.2, -0.15) is 11.8 Å². The smallest absolute Gasteiger partial charge is 0.0872 e. The van der Waals surface area contributed by atoms with E-state index in [1.54, 1.807) is 0 Å². The highest BCUT2D eigenvalue weighted by Gasteiger charge is 2.46. The van der Waals surface area contributed by atoms with Crippen molar-refractivity contribution < 1.29 is 9.84 Å². The summed E-state index contributed by atoms with van der Waals surface area (Å²) in [5.74, 6) is 2.51. The van der Waals surface area contributed by atoms with Crippen molar-refractivity contribution in [3.05, 3.63) is 0 Å². The minimum Gasteiger partial charge on any atom is -0.388 e. The monoisotopic (exact) mass is 257 g/mol. The molecule has 0 radical (unpaired) electrons. The van der Waals surface area contributed by atoms with Crippen LogP contribution in [0.4, 0.5) is 0 Å². The summed E-state index contributed by atoms with van der Waals surface area (Å²) in [5.41, 5.74) is -0.260. The lowest BCUT2D eigenvalue weighted by molar-refractivity contribution is -0.156. The molecule has 3 fully saturated rings. The van der Waals surface area contributed by atoms with Gasteiger partial charge in [-0.25, -0.2) is 0 Å². The van der Waals surface area contributed by atoms with Crippen LogP contribution < -0.4 is 0 Å². The third kappa shape index (κ3) is 2.50. The van der Waals surface area contributed by atoms with Gasteiger partial charge in [0.15, 0.2) is 0 Å². The second-order valence-electron chi connectivity index (χ2n) is 6.19. The van der Waals surface area contributed by atoms with Gasteiger partial charge in [-0.3, -0.25) is 4.90 Å². The summed E-state index contributed by atoms with van der Waals surface area (Å²) in [6.45, 7) is 4.55. The zero-order chi connectivity index (χ0) is 11.9. The van der Waals surface area contributed by atoms with E-state index in [0.717, 1.165) is 26.1 Å². The number of β-amino-alcohol motifs (C(OH)–C–C–N with tert-alkyl or cyclic N) is 1. The van der Waals surface area contributed by atoms with Crippen LogP contribution in [0.2, 0.25) is 0 Å². The topological polar surface area (TPSA) is 32.7 Å². The highest BCUT2D eigenvalue weighted by molar-refractivity contribution is 7.99. The molecule has 0 aromatic carbocycles. The number of thioether (sulfide) groups is 1. The van der Waals surface area contributed by atoms with E-state index in [1.165, 1.54) is 30.8 Å². The number of aliphatic hydroxyl groups is 1. The Kier molecular flexibility index (Phi) is 3.18. The zero-order valence-corrected chi connectivity index (χ0v) is 11.5. The minimum absolute atomic E-state index is 0.176. The first-order valence-corrected chi connectivity index (χ1v) is 7.92. The molecule has 0 bridgehead atoms. The van der Waals surface area contributed by atoms with E-state index in [4.69, 9.17) is 4.74 Å². The summed E-state index contributed by atoms with van der Waals surface area (Å²) in [6.07, 6.45) is 4.77.